The second-order valence-electron chi connectivity index (χ2n) is 21.6. The van der Waals surface area contributed by atoms with Gasteiger partial charge in [0.15, 0.2) is 0 Å². The highest BCUT2D eigenvalue weighted by Crippen LogP contribution is 2.47. The van der Waals surface area contributed by atoms with Gasteiger partial charge in [-0.2, -0.15) is 0 Å². The van der Waals surface area contributed by atoms with Crippen molar-refractivity contribution in [3.05, 3.63) is 153 Å². The molecular formula is C70H76N6O10. The molecule has 7 aliphatic heterocycles. The van der Waals surface area contributed by atoms with Crippen molar-refractivity contribution in [1.82, 2.24) is 19.9 Å². The summed E-state index contributed by atoms with van der Waals surface area (Å²) < 4.78 is 48.6. The molecule has 14 rings (SSSR count). The molecule has 7 aliphatic rings. The molecule has 0 unspecified atom stereocenters. The number of allylic oxidation sites excluding steroid dienone is 4. The molecule has 0 atom stereocenters. The first-order chi connectivity index (χ1) is 42.0. The van der Waals surface area contributed by atoms with E-state index in [1.807, 2.05) is 42.5 Å². The van der Waals surface area contributed by atoms with E-state index in [1.54, 1.807) is 36.4 Å². The lowest BCUT2D eigenvalue weighted by Crippen LogP contribution is -2.16. The summed E-state index contributed by atoms with van der Waals surface area (Å²) in [7, 11) is 0. The number of H-pyrrole nitrogens is 2. The van der Waals surface area contributed by atoms with Gasteiger partial charge >= 0.3 is 0 Å². The largest absolute Gasteiger partial charge is 0.491 e. The monoisotopic (exact) mass is 1160 g/mol. The van der Waals surface area contributed by atoms with Crippen molar-refractivity contribution in [1.29, 1.82) is 0 Å². The minimum atomic E-state index is -0.368. The van der Waals surface area contributed by atoms with Gasteiger partial charge in [0.05, 0.1) is 86.7 Å². The molecule has 86 heavy (non-hydrogen) atoms. The first kappa shape index (κ1) is 59.2. The van der Waals surface area contributed by atoms with Crippen molar-refractivity contribution < 1.29 is 47.5 Å². The molecule has 3 aromatic heterocycles. The second kappa shape index (κ2) is 26.8. The Kier molecular flexibility index (Phi) is 18.4. The van der Waals surface area contributed by atoms with E-state index in [0.29, 0.717) is 84.8 Å². The molecule has 4 N–H and O–H groups in total. The Hall–Kier alpha value is -8.54. The average molecular weight is 1160 g/mol. The fraction of sp³-hybridized carbons (Fsp3) is 0.343. The first-order valence-electron chi connectivity index (χ1n) is 30.1. The number of aromatic nitrogens is 4. The molecule has 0 fully saturated rings. The Balaban J connectivity index is 1.20. The first-order valence-corrected chi connectivity index (χ1v) is 30.1. The fourth-order valence-electron chi connectivity index (χ4n) is 12.1. The SMILES string of the molecule is CCC1=C(C)c2nc1cc1[nH]c(c(C)c1CC)c1c3[nH]c(cc4nc(c2-c2ccccc2NC(=O)c2cc5cc(c2)OCCOCCOCCOc2cc(cc(c2)C(=O)Nc2ccccc2-1)OCCOCCOCCO5)C(C)=C4CC)c(CC)c3C. The standard InChI is InChI=1S/C70H76N6O10/c1-9-51-41(5)65-63-55-17-13-15-19-57(55)75-69(77)45-33-47-37-48(34-45)84-30-26-80-22-24-82-28-32-86-50-36-46(35-49(38-50)85-31-27-81-23-21-79-25-29-83-47)70(78)76-58-20-16-14-18-56(58)64(67-42(6)52(10-2)60(72-67)39-59(51)71-65)68-44(8)54(12-4)62(74-68)40-61-53(11-3)43(7)66(63)73-61/h13-20,33-40,71,73H,9-12,21-32H2,1-8H3,(H,75,77)(H,76,78). The van der Waals surface area contributed by atoms with Gasteiger partial charge in [0.1, 0.15) is 49.4 Å². The summed E-state index contributed by atoms with van der Waals surface area (Å²) in [5.74, 6) is 1.00. The average Bonchev–Trinajstić information content (AvgIpc) is 1.78. The quantitative estimate of drug-likeness (QED) is 0.131. The number of nitrogens with one attached hydrogen (secondary N) is 4. The maximum atomic E-state index is 15.0. The van der Waals surface area contributed by atoms with Gasteiger partial charge in [0, 0.05) is 67.9 Å². The van der Waals surface area contributed by atoms with Crippen LogP contribution in [0.2, 0.25) is 0 Å². The van der Waals surface area contributed by atoms with Crippen LogP contribution in [0.3, 0.4) is 0 Å². The van der Waals surface area contributed by atoms with Gasteiger partial charge in [0.25, 0.3) is 11.8 Å². The topological polar surface area (TPSA) is 189 Å². The van der Waals surface area contributed by atoms with E-state index in [9.17, 15) is 9.59 Å². The number of nitrogens with zero attached hydrogens (tertiary/aromatic N) is 2. The maximum absolute atomic E-state index is 15.0. The lowest BCUT2D eigenvalue weighted by Gasteiger charge is -2.16. The number of aryl methyl sites for hydroxylation is 4. The summed E-state index contributed by atoms with van der Waals surface area (Å²) in [5.41, 5.74) is 20.7. The van der Waals surface area contributed by atoms with Crippen molar-refractivity contribution >= 4 is 67.5 Å². The van der Waals surface area contributed by atoms with Crippen molar-refractivity contribution in [2.24, 2.45) is 0 Å². The van der Waals surface area contributed by atoms with E-state index in [0.717, 1.165) is 124 Å². The highest BCUT2D eigenvalue weighted by molar-refractivity contribution is 6.11. The molecule has 0 radical (unpaired) electrons. The molecule has 4 aromatic carbocycles. The van der Waals surface area contributed by atoms with Crippen LogP contribution in [-0.2, 0) is 31.8 Å². The lowest BCUT2D eigenvalue weighted by molar-refractivity contribution is 0.0260. The predicted molar refractivity (Wildman–Crippen MR) is 340 cm³/mol. The van der Waals surface area contributed by atoms with Gasteiger partial charge in [-0.1, -0.05) is 64.1 Å². The van der Waals surface area contributed by atoms with Crippen LogP contribution < -0.4 is 29.6 Å². The van der Waals surface area contributed by atoms with Gasteiger partial charge in [0.2, 0.25) is 0 Å². The summed E-state index contributed by atoms with van der Waals surface area (Å²) in [6.07, 6.45) is 2.87. The molecule has 10 heterocycles. The van der Waals surface area contributed by atoms with Crippen LogP contribution in [0.25, 0.3) is 66.6 Å². The fourth-order valence-corrected chi connectivity index (χ4v) is 12.1. The molecule has 7 aromatic rings. The van der Waals surface area contributed by atoms with Crippen LogP contribution in [0.4, 0.5) is 11.4 Å². The molecule has 2 amide bonds. The number of rotatable bonds is 4. The molecule has 16 nitrogen and oxygen atoms in total. The second-order valence-corrected chi connectivity index (χ2v) is 21.6. The Morgan fingerprint density at radius 2 is 0.767 bits per heavy atom. The molecule has 16 heteroatoms. The minimum absolute atomic E-state index is 0.197. The zero-order chi connectivity index (χ0) is 59.8. The summed E-state index contributed by atoms with van der Waals surface area (Å²) in [6.45, 7) is 20.4. The van der Waals surface area contributed by atoms with Crippen LogP contribution in [0, 0.1) is 13.8 Å². The molecule has 0 saturated heterocycles. The highest BCUT2D eigenvalue weighted by Gasteiger charge is 2.29. The van der Waals surface area contributed by atoms with Crippen LogP contribution in [0.15, 0.2) is 97.1 Å². The van der Waals surface area contributed by atoms with E-state index in [1.165, 1.54) is 0 Å². The molecular weight excluding hydrogens is 1080 g/mol. The zero-order valence-corrected chi connectivity index (χ0v) is 50.5. The Bertz CT molecular complexity index is 3780. The van der Waals surface area contributed by atoms with Crippen LogP contribution in [-0.4, -0.2) is 111 Å². The predicted octanol–water partition coefficient (Wildman–Crippen LogP) is 14.2. The van der Waals surface area contributed by atoms with E-state index in [2.05, 4.69) is 94.2 Å². The third-order valence-electron chi connectivity index (χ3n) is 16.4. The van der Waals surface area contributed by atoms with Crippen LogP contribution >= 0.6 is 0 Å². The lowest BCUT2D eigenvalue weighted by atomic mass is 9.92. The van der Waals surface area contributed by atoms with Crippen molar-refractivity contribution in [2.45, 2.75) is 81.1 Å². The number of amides is 2. The maximum Gasteiger partial charge on any atom is 0.255 e. The summed E-state index contributed by atoms with van der Waals surface area (Å²) in [6, 6.07) is 30.6. The van der Waals surface area contributed by atoms with E-state index in [-0.39, 0.29) is 64.7 Å². The van der Waals surface area contributed by atoms with E-state index in [4.69, 9.17) is 47.9 Å². The van der Waals surface area contributed by atoms with Crippen molar-refractivity contribution in [3.8, 4) is 45.3 Å². The summed E-state index contributed by atoms with van der Waals surface area (Å²) in [5, 5.41) is 6.65. The number of carbonyl (C=O) groups excluding carboxylic acids is 2. The molecule has 446 valence electrons. The molecule has 0 spiro atoms. The number of carbonyl (C=O) groups is 2. The summed E-state index contributed by atoms with van der Waals surface area (Å²) in [4.78, 5) is 49.2. The Labute approximate surface area is 502 Å². The van der Waals surface area contributed by atoms with Gasteiger partial charge in [-0.15, -0.1) is 0 Å². The number of benzene rings is 4. The van der Waals surface area contributed by atoms with Gasteiger partial charge in [-0.05, 0) is 146 Å². The number of hydrogen-bond donors (Lipinski definition) is 4. The minimum Gasteiger partial charge on any atom is -0.491 e. The zero-order valence-electron chi connectivity index (χ0n) is 50.5. The van der Waals surface area contributed by atoms with Gasteiger partial charge < -0.3 is 58.5 Å². The van der Waals surface area contributed by atoms with Crippen molar-refractivity contribution in [3.63, 3.8) is 0 Å². The highest BCUT2D eigenvalue weighted by atomic mass is 16.6. The van der Waals surface area contributed by atoms with Gasteiger partial charge in [-0.3, -0.25) is 9.59 Å². The number of ether oxygens (including phenoxy) is 8. The number of para-hydroxylation sites is 2. The Morgan fingerprint density at radius 3 is 1.13 bits per heavy atom. The number of hydrogen-bond acceptors (Lipinski definition) is 12. The third kappa shape index (κ3) is 12.4. The van der Waals surface area contributed by atoms with Gasteiger partial charge in [-0.25, -0.2) is 9.97 Å². The molecule has 16 bridgehead atoms. The summed E-state index contributed by atoms with van der Waals surface area (Å²) >= 11 is 0. The normalized spacial score (nSPS) is 15.9. The number of anilines is 2. The van der Waals surface area contributed by atoms with Crippen LogP contribution in [0.1, 0.15) is 120 Å². The smallest absolute Gasteiger partial charge is 0.255 e. The van der Waals surface area contributed by atoms with Crippen molar-refractivity contribution in [2.75, 3.05) is 89.9 Å². The molecule has 0 aliphatic carbocycles. The Morgan fingerprint density at radius 1 is 0.419 bits per heavy atom. The van der Waals surface area contributed by atoms with Crippen LogP contribution in [0.5, 0.6) is 23.0 Å². The molecule has 0 saturated carbocycles. The third-order valence-corrected chi connectivity index (χ3v) is 16.4. The van der Waals surface area contributed by atoms with E-state index >= 15 is 0 Å². The number of aromatic amines is 2. The van der Waals surface area contributed by atoms with E-state index < -0.39 is 0 Å².